The lowest BCUT2D eigenvalue weighted by Crippen LogP contribution is -3.07. The molecule has 1 amide bonds. The molecule has 0 rings (SSSR count). The third-order valence-electron chi connectivity index (χ3n) is 0.341. The van der Waals surface area contributed by atoms with Crippen molar-refractivity contribution in [3.05, 3.63) is 5.21 Å². The van der Waals surface area contributed by atoms with Gasteiger partial charge in [-0.15, -0.1) is 0 Å². The topological polar surface area (TPSA) is 44.6 Å². The van der Waals surface area contributed by atoms with Crippen LogP contribution in [-0.4, -0.2) is 8.47 Å². The molecule has 0 spiro atoms. The number of hydroxylamine groups is 2. The zero-order valence-corrected chi connectivity index (χ0v) is 7.59. The Morgan fingerprint density at radius 3 is 2.29 bits per heavy atom. The van der Waals surface area contributed by atoms with Crippen LogP contribution in [0.1, 0.15) is 0 Å². The fraction of sp³-hybridized carbons (Fsp3) is 0.500. The summed E-state index contributed by atoms with van der Waals surface area (Å²) < 4.78 is -0.0912. The van der Waals surface area contributed by atoms with Crippen molar-refractivity contribution in [2.75, 3.05) is 4.55 Å². The average Bonchev–Trinajstić information content (AvgIpc) is 1.65. The van der Waals surface area contributed by atoms with Crippen molar-refractivity contribution < 1.29 is 9.86 Å². The Hall–Kier alpha value is 1.05. The van der Waals surface area contributed by atoms with Crippen molar-refractivity contribution in [1.29, 1.82) is 0 Å². The third-order valence-corrected chi connectivity index (χ3v) is 1.63. The van der Waals surface area contributed by atoms with Gasteiger partial charge in [-0.05, 0) is 22.6 Å². The second-order valence-electron chi connectivity index (χ2n) is 0.831. The van der Waals surface area contributed by atoms with Crippen molar-refractivity contribution in [3.8, 4) is 0 Å². The second-order valence-corrected chi connectivity index (χ2v) is 2.57. The van der Waals surface area contributed by atoms with Crippen LogP contribution in [-0.2, 0) is 0 Å². The minimum Gasteiger partial charge on any atom is -0.626 e. The highest BCUT2D eigenvalue weighted by Gasteiger charge is 1.99. The molecular weight excluding hydrogens is 324 g/mol. The summed E-state index contributed by atoms with van der Waals surface area (Å²) in [4.78, 5) is 10.0. The number of quaternary nitrogens is 1. The number of carbonyl (C=O) groups excluding carboxylic acids is 1. The Morgan fingerprint density at radius 2 is 2.29 bits per heavy atom. The number of hydrogen-bond acceptors (Lipinski definition) is 2. The quantitative estimate of drug-likeness (QED) is 0.248. The van der Waals surface area contributed by atoms with Crippen LogP contribution in [0.4, 0.5) is 4.79 Å². The van der Waals surface area contributed by atoms with Gasteiger partial charge in [-0.25, -0.2) is 4.79 Å². The molecule has 0 aromatic heterocycles. The maximum atomic E-state index is 10.1. The van der Waals surface area contributed by atoms with E-state index in [0.29, 0.717) is 4.55 Å². The molecule has 0 saturated heterocycles. The Morgan fingerprint density at radius 1 is 1.86 bits per heavy atom. The highest BCUT2D eigenvalue weighted by Crippen LogP contribution is 1.77. The predicted molar refractivity (Wildman–Crippen MR) is 42.6 cm³/mol. The van der Waals surface area contributed by atoms with Crippen LogP contribution < -0.4 is 5.06 Å². The zero-order chi connectivity index (χ0) is 5.86. The van der Waals surface area contributed by atoms with E-state index in [1.54, 1.807) is 0 Å². The maximum absolute atomic E-state index is 10.1. The fourth-order valence-corrected chi connectivity index (χ4v) is 1.32. The van der Waals surface area contributed by atoms with Crippen LogP contribution in [0.15, 0.2) is 0 Å². The highest BCUT2D eigenvalue weighted by molar-refractivity contribution is 14.1. The van der Waals surface area contributed by atoms with Crippen molar-refractivity contribution in [2.24, 2.45) is 0 Å². The molecule has 1 N–H and O–H groups in total. The highest BCUT2D eigenvalue weighted by atomic mass is 127. The van der Waals surface area contributed by atoms with Crippen molar-refractivity contribution in [1.82, 2.24) is 0 Å². The van der Waals surface area contributed by atoms with Gasteiger partial charge in [-0.1, -0.05) is 0 Å². The molecule has 0 heterocycles. The van der Waals surface area contributed by atoms with E-state index in [-0.39, 0.29) is 8.98 Å². The minimum absolute atomic E-state index is 0.291. The largest absolute Gasteiger partial charge is 0.626 e. The van der Waals surface area contributed by atoms with E-state index < -0.39 is 0 Å². The molecule has 5 heteroatoms. The third kappa shape index (κ3) is 3.62. The number of nitrogens with one attached hydrogen (secondary N) is 1. The number of hydrogen-bond donors (Lipinski definition) is 1. The maximum Gasteiger partial charge on any atom is 0.372 e. The summed E-state index contributed by atoms with van der Waals surface area (Å²) in [5, 5.41) is 9.83. The number of rotatable bonds is 1. The fourth-order valence-electron chi connectivity index (χ4n) is 0.0525. The second kappa shape index (κ2) is 3.98. The molecule has 0 aromatic rings. The lowest BCUT2D eigenvalue weighted by atomic mass is 11.2. The number of carbonyl (C=O) groups is 1. The summed E-state index contributed by atoms with van der Waals surface area (Å²) in [6.07, 6.45) is 0. The smallest absolute Gasteiger partial charge is 0.372 e. The number of halogens is 2. The summed E-state index contributed by atoms with van der Waals surface area (Å²) in [6.45, 7) is 0. The summed E-state index contributed by atoms with van der Waals surface area (Å²) in [5.74, 6) is 0. The molecule has 0 aliphatic heterocycles. The van der Waals surface area contributed by atoms with E-state index in [2.05, 4.69) is 0 Å². The minimum atomic E-state index is -0.382. The first-order valence-electron chi connectivity index (χ1n) is 1.47. The van der Waals surface area contributed by atoms with E-state index in [1.165, 1.54) is 22.6 Å². The molecule has 0 radical (unpaired) electrons. The van der Waals surface area contributed by atoms with Crippen LogP contribution >= 0.6 is 45.2 Å². The monoisotopic (exact) mass is 327 g/mol. The Balaban J connectivity index is 3.34. The van der Waals surface area contributed by atoms with Gasteiger partial charge in [0.15, 0.2) is 0 Å². The number of alkyl halides is 1. The van der Waals surface area contributed by atoms with Crippen LogP contribution in [0.5, 0.6) is 0 Å². The van der Waals surface area contributed by atoms with Gasteiger partial charge in [0.05, 0.1) is 22.6 Å². The summed E-state index contributed by atoms with van der Waals surface area (Å²) in [6, 6.07) is 0. The van der Waals surface area contributed by atoms with Gasteiger partial charge < -0.3 is 5.21 Å². The average molecular weight is 327 g/mol. The Bertz CT molecular complexity index is 76.1. The molecule has 3 nitrogen and oxygen atoms in total. The molecule has 0 fully saturated rings. The van der Waals surface area contributed by atoms with Crippen molar-refractivity contribution in [2.45, 2.75) is 0 Å². The molecule has 7 heavy (non-hydrogen) atoms. The molecule has 0 bridgehead atoms. The van der Waals surface area contributed by atoms with Gasteiger partial charge in [-0.3, -0.25) is 5.06 Å². The number of amides is 1. The molecule has 42 valence electrons. The van der Waals surface area contributed by atoms with Gasteiger partial charge in [0.2, 0.25) is 0 Å². The predicted octanol–water partition coefficient (Wildman–Crippen LogP) is 0.317. The Kier molecular flexibility index (Phi) is 4.58. The van der Waals surface area contributed by atoms with Crippen molar-refractivity contribution >= 4 is 49.1 Å². The van der Waals surface area contributed by atoms with Gasteiger partial charge >= 0.3 is 3.91 Å². The van der Waals surface area contributed by atoms with E-state index in [1.807, 2.05) is 22.6 Å². The molecule has 1 unspecified atom stereocenters. The first kappa shape index (κ1) is 8.05. The van der Waals surface area contributed by atoms with Crippen LogP contribution in [0.2, 0.25) is 0 Å². The van der Waals surface area contributed by atoms with Gasteiger partial charge in [0.25, 0.3) is 0 Å². The molecule has 0 aliphatic rings. The van der Waals surface area contributed by atoms with Crippen LogP contribution in [0.25, 0.3) is 0 Å². The van der Waals surface area contributed by atoms with E-state index in [4.69, 9.17) is 0 Å². The van der Waals surface area contributed by atoms with Gasteiger partial charge in [-0.2, -0.15) is 0 Å². The lowest BCUT2D eigenvalue weighted by molar-refractivity contribution is -0.728. The van der Waals surface area contributed by atoms with Gasteiger partial charge in [0, 0.05) is 0 Å². The summed E-state index contributed by atoms with van der Waals surface area (Å²) in [7, 11) is 0. The normalized spacial score (nSPS) is 13.6. The molecule has 1 atom stereocenters. The molecule has 0 aliphatic carbocycles. The molecular formula is C2H3I2NO2. The summed E-state index contributed by atoms with van der Waals surface area (Å²) in [5.41, 5.74) is 0. The van der Waals surface area contributed by atoms with Crippen molar-refractivity contribution in [3.63, 3.8) is 0 Å². The van der Waals surface area contributed by atoms with Crippen LogP contribution in [0.3, 0.4) is 0 Å². The first-order valence-corrected chi connectivity index (χ1v) is 4.07. The molecule has 0 saturated carbocycles. The first-order chi connectivity index (χ1) is 3.18. The Labute approximate surface area is 68.3 Å². The van der Waals surface area contributed by atoms with E-state index in [9.17, 15) is 10.0 Å². The van der Waals surface area contributed by atoms with Crippen LogP contribution in [0, 0.1) is 5.21 Å². The van der Waals surface area contributed by atoms with E-state index >= 15 is 0 Å². The lowest BCUT2D eigenvalue weighted by Gasteiger charge is -2.10. The molecule has 0 aromatic carbocycles. The standard InChI is InChI=1S/C2H3I2NO2/c3-1-5(7)2(4)6/h5H,1H2. The SMILES string of the molecule is O=C(I)[NH+]([O-])CI. The summed E-state index contributed by atoms with van der Waals surface area (Å²) >= 11 is 3.33. The van der Waals surface area contributed by atoms with E-state index in [0.717, 1.165) is 0 Å². The zero-order valence-electron chi connectivity index (χ0n) is 3.28. The van der Waals surface area contributed by atoms with Gasteiger partial charge in [0.1, 0.15) is 4.55 Å².